The van der Waals surface area contributed by atoms with E-state index in [0.29, 0.717) is 12.5 Å². The number of nitrogens with two attached hydrogens (primary N) is 1. The number of likely N-dealkylation sites (tertiary alicyclic amines) is 1. The number of benzene rings is 1. The molecule has 6 heteroatoms. The van der Waals surface area contributed by atoms with Crippen LogP contribution >= 0.6 is 0 Å². The van der Waals surface area contributed by atoms with Gasteiger partial charge in [0, 0.05) is 5.92 Å². The van der Waals surface area contributed by atoms with Crippen molar-refractivity contribution in [1.29, 1.82) is 0 Å². The summed E-state index contributed by atoms with van der Waals surface area (Å²) >= 11 is 0. The predicted octanol–water partition coefficient (Wildman–Crippen LogP) is 3.00. The molecular weight excluding hydrogens is 293 g/mol. The zero-order valence-corrected chi connectivity index (χ0v) is 12.8. The van der Waals surface area contributed by atoms with E-state index < -0.39 is 11.7 Å². The minimum absolute atomic E-state index is 0.0926. The van der Waals surface area contributed by atoms with Gasteiger partial charge in [0.05, 0.1) is 12.2 Å². The van der Waals surface area contributed by atoms with Gasteiger partial charge in [0.2, 0.25) is 0 Å². The van der Waals surface area contributed by atoms with Crippen LogP contribution in [0.15, 0.2) is 24.3 Å². The summed E-state index contributed by atoms with van der Waals surface area (Å²) in [6, 6.07) is 5.33. The van der Waals surface area contributed by atoms with E-state index in [1.54, 1.807) is 6.07 Å². The van der Waals surface area contributed by atoms with Gasteiger partial charge in [-0.1, -0.05) is 12.1 Å². The van der Waals surface area contributed by atoms with E-state index in [9.17, 15) is 13.2 Å². The van der Waals surface area contributed by atoms with Crippen LogP contribution in [0.2, 0.25) is 0 Å². The first-order chi connectivity index (χ1) is 10.4. The molecule has 1 saturated heterocycles. The number of halogens is 3. The Morgan fingerprint density at radius 3 is 2.50 bits per heavy atom. The lowest BCUT2D eigenvalue weighted by atomic mass is 9.85. The average Bonchev–Trinajstić information content (AvgIpc) is 2.49. The van der Waals surface area contributed by atoms with Gasteiger partial charge < -0.3 is 15.4 Å². The summed E-state index contributed by atoms with van der Waals surface area (Å²) in [7, 11) is 2.07. The summed E-state index contributed by atoms with van der Waals surface area (Å²) < 4.78 is 44.3. The van der Waals surface area contributed by atoms with Crippen molar-refractivity contribution in [2.45, 2.75) is 19.0 Å². The zero-order chi connectivity index (χ0) is 16.2. The highest BCUT2D eigenvalue weighted by Crippen LogP contribution is 2.36. The van der Waals surface area contributed by atoms with Crippen molar-refractivity contribution in [3.8, 4) is 5.75 Å². The smallest absolute Gasteiger partial charge is 0.419 e. The Hall–Kier alpha value is -1.27. The first kappa shape index (κ1) is 17.1. The van der Waals surface area contributed by atoms with Crippen molar-refractivity contribution in [1.82, 2.24) is 4.90 Å². The summed E-state index contributed by atoms with van der Waals surface area (Å²) in [6.07, 6.45) is -2.37. The van der Waals surface area contributed by atoms with Crippen LogP contribution in [-0.2, 0) is 6.18 Å². The van der Waals surface area contributed by atoms with Crippen LogP contribution in [0.25, 0.3) is 0 Å². The molecule has 2 rings (SSSR count). The van der Waals surface area contributed by atoms with Gasteiger partial charge in [0.1, 0.15) is 5.75 Å². The molecule has 1 unspecified atom stereocenters. The molecule has 1 fully saturated rings. The maximum absolute atomic E-state index is 12.9. The van der Waals surface area contributed by atoms with E-state index in [2.05, 4.69) is 11.9 Å². The van der Waals surface area contributed by atoms with E-state index in [1.807, 2.05) is 0 Å². The van der Waals surface area contributed by atoms with Crippen LogP contribution in [0.4, 0.5) is 13.2 Å². The molecule has 0 aromatic heterocycles. The number of ether oxygens (including phenoxy) is 1. The summed E-state index contributed by atoms with van der Waals surface area (Å²) in [4.78, 5) is 2.25. The van der Waals surface area contributed by atoms with Gasteiger partial charge in [0.25, 0.3) is 0 Å². The van der Waals surface area contributed by atoms with Crippen LogP contribution in [0.1, 0.15) is 18.4 Å². The predicted molar refractivity (Wildman–Crippen MR) is 79.7 cm³/mol. The monoisotopic (exact) mass is 316 g/mol. The fourth-order valence-electron chi connectivity index (χ4n) is 2.92. The lowest BCUT2D eigenvalue weighted by molar-refractivity contribution is -0.139. The second kappa shape index (κ2) is 7.33. The van der Waals surface area contributed by atoms with Crippen molar-refractivity contribution >= 4 is 0 Å². The Labute approximate surface area is 129 Å². The molecule has 0 aliphatic carbocycles. The standard InChI is InChI=1S/C16H23F3N2O/c1-21-8-6-12(7-9-21)13(10-20)11-22-15-5-3-2-4-14(15)16(17,18)19/h2-5,12-13H,6-11,20H2,1H3. The zero-order valence-electron chi connectivity index (χ0n) is 12.8. The van der Waals surface area contributed by atoms with E-state index in [-0.39, 0.29) is 18.3 Å². The fraction of sp³-hybridized carbons (Fsp3) is 0.625. The number of alkyl halides is 3. The number of rotatable bonds is 5. The second-order valence-electron chi connectivity index (χ2n) is 5.94. The molecular formula is C16H23F3N2O. The largest absolute Gasteiger partial charge is 0.493 e. The maximum atomic E-state index is 12.9. The Balaban J connectivity index is 1.99. The maximum Gasteiger partial charge on any atom is 0.419 e. The topological polar surface area (TPSA) is 38.5 Å². The van der Waals surface area contributed by atoms with Crippen molar-refractivity contribution in [2.24, 2.45) is 17.6 Å². The summed E-state index contributed by atoms with van der Waals surface area (Å²) in [5.74, 6) is 0.399. The molecule has 1 aromatic rings. The lowest BCUT2D eigenvalue weighted by Gasteiger charge is -2.33. The van der Waals surface area contributed by atoms with Crippen LogP contribution < -0.4 is 10.5 Å². The van der Waals surface area contributed by atoms with E-state index in [1.165, 1.54) is 12.1 Å². The van der Waals surface area contributed by atoms with Gasteiger partial charge in [-0.2, -0.15) is 13.2 Å². The fourth-order valence-corrected chi connectivity index (χ4v) is 2.92. The van der Waals surface area contributed by atoms with Gasteiger partial charge >= 0.3 is 6.18 Å². The Morgan fingerprint density at radius 1 is 1.27 bits per heavy atom. The molecule has 3 nitrogen and oxygen atoms in total. The molecule has 1 aliphatic heterocycles. The van der Waals surface area contributed by atoms with Gasteiger partial charge in [0.15, 0.2) is 0 Å². The van der Waals surface area contributed by atoms with E-state index in [0.717, 1.165) is 32.0 Å². The first-order valence-corrected chi connectivity index (χ1v) is 7.59. The van der Waals surface area contributed by atoms with Crippen molar-refractivity contribution in [3.63, 3.8) is 0 Å². The van der Waals surface area contributed by atoms with Crippen LogP contribution in [0.5, 0.6) is 5.75 Å². The second-order valence-corrected chi connectivity index (χ2v) is 5.94. The Bertz CT molecular complexity index is 471. The lowest BCUT2D eigenvalue weighted by Crippen LogP contribution is -2.38. The van der Waals surface area contributed by atoms with E-state index >= 15 is 0 Å². The molecule has 0 spiro atoms. The van der Waals surface area contributed by atoms with Crippen molar-refractivity contribution in [3.05, 3.63) is 29.8 Å². The van der Waals surface area contributed by atoms with Crippen LogP contribution in [0, 0.1) is 11.8 Å². The van der Waals surface area contributed by atoms with Crippen molar-refractivity contribution < 1.29 is 17.9 Å². The van der Waals surface area contributed by atoms with Gasteiger partial charge in [-0.05, 0) is 57.6 Å². The third kappa shape index (κ3) is 4.36. The SMILES string of the molecule is CN1CCC(C(CN)COc2ccccc2C(F)(F)F)CC1. The normalized spacial score (nSPS) is 19.1. The number of para-hydroxylation sites is 1. The highest BCUT2D eigenvalue weighted by molar-refractivity contribution is 5.35. The molecule has 2 N–H and O–H groups in total. The highest BCUT2D eigenvalue weighted by atomic mass is 19.4. The molecule has 124 valence electrons. The van der Waals surface area contributed by atoms with Crippen LogP contribution in [0.3, 0.4) is 0 Å². The van der Waals surface area contributed by atoms with Gasteiger partial charge in [-0.3, -0.25) is 0 Å². The minimum atomic E-state index is -4.40. The molecule has 1 heterocycles. The number of hydrogen-bond acceptors (Lipinski definition) is 3. The van der Waals surface area contributed by atoms with Gasteiger partial charge in [-0.15, -0.1) is 0 Å². The quantitative estimate of drug-likeness (QED) is 0.907. The average molecular weight is 316 g/mol. The number of nitrogens with zero attached hydrogens (tertiary/aromatic N) is 1. The minimum Gasteiger partial charge on any atom is -0.493 e. The highest BCUT2D eigenvalue weighted by Gasteiger charge is 2.34. The molecule has 1 atom stereocenters. The molecule has 22 heavy (non-hydrogen) atoms. The molecule has 0 saturated carbocycles. The third-order valence-corrected chi connectivity index (χ3v) is 4.38. The van der Waals surface area contributed by atoms with E-state index in [4.69, 9.17) is 10.5 Å². The molecule has 1 aliphatic rings. The van der Waals surface area contributed by atoms with Gasteiger partial charge in [-0.25, -0.2) is 0 Å². The molecule has 1 aromatic carbocycles. The summed E-state index contributed by atoms with van der Waals surface area (Å²) in [6.45, 7) is 2.67. The molecule has 0 bridgehead atoms. The third-order valence-electron chi connectivity index (χ3n) is 4.38. The Kier molecular flexibility index (Phi) is 5.69. The number of piperidine rings is 1. The Morgan fingerprint density at radius 2 is 1.91 bits per heavy atom. The first-order valence-electron chi connectivity index (χ1n) is 7.59. The molecule has 0 radical (unpaired) electrons. The van der Waals surface area contributed by atoms with Crippen LogP contribution in [-0.4, -0.2) is 38.2 Å². The summed E-state index contributed by atoms with van der Waals surface area (Å²) in [5.41, 5.74) is 5.08. The van der Waals surface area contributed by atoms with Crippen molar-refractivity contribution in [2.75, 3.05) is 33.3 Å². The molecule has 0 amide bonds. The number of hydrogen-bond donors (Lipinski definition) is 1. The summed E-state index contributed by atoms with van der Waals surface area (Å²) in [5, 5.41) is 0.